The highest BCUT2D eigenvalue weighted by Crippen LogP contribution is 2.37. The first-order valence-corrected chi connectivity index (χ1v) is 6.34. The van der Waals surface area contributed by atoms with Crippen molar-refractivity contribution >= 4 is 23.2 Å². The average molecular weight is 309 g/mol. The number of hydrogen-bond donors (Lipinski definition) is 5. The van der Waals surface area contributed by atoms with E-state index in [9.17, 15) is 20.1 Å². The molecule has 110 valence electrons. The van der Waals surface area contributed by atoms with Crippen LogP contribution in [0.25, 0.3) is 0 Å². The number of phenolic OH excluding ortho intramolecular Hbond substituents is 3. The first-order valence-electron chi connectivity index (χ1n) is 5.96. The van der Waals surface area contributed by atoms with Gasteiger partial charge >= 0.3 is 0 Å². The van der Waals surface area contributed by atoms with Crippen LogP contribution in [-0.2, 0) is 6.54 Å². The summed E-state index contributed by atoms with van der Waals surface area (Å²) in [5.41, 5.74) is 6.29. The van der Waals surface area contributed by atoms with Gasteiger partial charge in [-0.1, -0.05) is 11.6 Å². The van der Waals surface area contributed by atoms with E-state index in [0.29, 0.717) is 21.8 Å². The number of aromatic hydroxyl groups is 3. The minimum Gasteiger partial charge on any atom is -0.504 e. The Balaban J connectivity index is 2.22. The third-order valence-corrected chi connectivity index (χ3v) is 3.26. The third kappa shape index (κ3) is 3.11. The van der Waals surface area contributed by atoms with Gasteiger partial charge in [0.1, 0.15) is 0 Å². The van der Waals surface area contributed by atoms with Gasteiger partial charge in [0.05, 0.1) is 10.7 Å². The highest BCUT2D eigenvalue weighted by Gasteiger charge is 2.12. The molecule has 0 heterocycles. The molecular formula is C14H13ClN2O4. The van der Waals surface area contributed by atoms with Gasteiger partial charge < -0.3 is 26.4 Å². The molecule has 0 atom stereocenters. The first kappa shape index (κ1) is 14.8. The van der Waals surface area contributed by atoms with Gasteiger partial charge in [-0.3, -0.25) is 4.79 Å². The summed E-state index contributed by atoms with van der Waals surface area (Å²) in [5, 5.41) is 31.7. The van der Waals surface area contributed by atoms with Crippen LogP contribution in [0.3, 0.4) is 0 Å². The van der Waals surface area contributed by atoms with E-state index in [1.165, 1.54) is 30.3 Å². The summed E-state index contributed by atoms with van der Waals surface area (Å²) in [5.74, 6) is -2.01. The molecule has 0 aliphatic rings. The molecule has 0 unspecified atom stereocenters. The molecule has 0 saturated heterocycles. The normalized spacial score (nSPS) is 10.3. The number of nitrogens with two attached hydrogens (primary N) is 1. The lowest BCUT2D eigenvalue weighted by Gasteiger charge is -2.12. The molecule has 0 aliphatic carbocycles. The number of amides is 1. The summed E-state index contributed by atoms with van der Waals surface area (Å²) >= 11 is 6.00. The molecule has 0 aromatic heterocycles. The monoisotopic (exact) mass is 308 g/mol. The van der Waals surface area contributed by atoms with Crippen molar-refractivity contribution in [2.45, 2.75) is 6.54 Å². The fourth-order valence-corrected chi connectivity index (χ4v) is 1.94. The lowest BCUT2D eigenvalue weighted by molar-refractivity contribution is 0.100. The molecule has 1 amide bonds. The molecule has 0 fully saturated rings. The van der Waals surface area contributed by atoms with Crippen molar-refractivity contribution in [2.75, 3.05) is 5.32 Å². The zero-order valence-corrected chi connectivity index (χ0v) is 11.6. The molecule has 0 spiro atoms. The Morgan fingerprint density at radius 3 is 2.52 bits per heavy atom. The second kappa shape index (κ2) is 5.80. The molecule has 2 rings (SSSR count). The van der Waals surface area contributed by atoms with Gasteiger partial charge in [0.25, 0.3) is 0 Å². The van der Waals surface area contributed by atoms with E-state index in [0.717, 1.165) is 0 Å². The summed E-state index contributed by atoms with van der Waals surface area (Å²) in [6, 6.07) is 7.22. The predicted molar refractivity (Wildman–Crippen MR) is 78.7 cm³/mol. The van der Waals surface area contributed by atoms with Gasteiger partial charge in [0, 0.05) is 17.7 Å². The number of hydrogen-bond acceptors (Lipinski definition) is 5. The molecule has 0 aliphatic heterocycles. The van der Waals surface area contributed by atoms with E-state index in [-0.39, 0.29) is 6.54 Å². The van der Waals surface area contributed by atoms with Crippen LogP contribution in [0, 0.1) is 0 Å². The van der Waals surface area contributed by atoms with Crippen LogP contribution < -0.4 is 11.1 Å². The van der Waals surface area contributed by atoms with Gasteiger partial charge in [-0.15, -0.1) is 0 Å². The van der Waals surface area contributed by atoms with Crippen LogP contribution in [0.1, 0.15) is 15.9 Å². The van der Waals surface area contributed by atoms with Crippen molar-refractivity contribution in [1.82, 2.24) is 0 Å². The molecule has 2 aromatic carbocycles. The van der Waals surface area contributed by atoms with Crippen molar-refractivity contribution in [3.05, 3.63) is 46.5 Å². The molecule has 0 radical (unpaired) electrons. The van der Waals surface area contributed by atoms with Gasteiger partial charge in [-0.05, 0) is 30.3 Å². The number of rotatable bonds is 4. The van der Waals surface area contributed by atoms with E-state index in [4.69, 9.17) is 17.3 Å². The standard InChI is InChI=1S/C14H13ClN2O4/c15-9-3-1-7(14(16)21)5-10(9)17-6-8-2-4-11(18)13(20)12(8)19/h1-5,17-20H,6H2,(H2,16,21). The number of phenols is 3. The van der Waals surface area contributed by atoms with Crippen LogP contribution in [-0.4, -0.2) is 21.2 Å². The molecular weight excluding hydrogens is 296 g/mol. The zero-order chi connectivity index (χ0) is 15.6. The number of carbonyl (C=O) groups is 1. The second-order valence-electron chi connectivity index (χ2n) is 4.35. The minimum absolute atomic E-state index is 0.127. The highest BCUT2D eigenvalue weighted by molar-refractivity contribution is 6.33. The summed E-state index contributed by atoms with van der Waals surface area (Å²) in [6.07, 6.45) is 0. The van der Waals surface area contributed by atoms with Crippen molar-refractivity contribution in [1.29, 1.82) is 0 Å². The summed E-state index contributed by atoms with van der Waals surface area (Å²) in [7, 11) is 0. The molecule has 0 bridgehead atoms. The maximum absolute atomic E-state index is 11.1. The lowest BCUT2D eigenvalue weighted by Crippen LogP contribution is -2.11. The smallest absolute Gasteiger partial charge is 0.248 e. The van der Waals surface area contributed by atoms with E-state index < -0.39 is 23.2 Å². The van der Waals surface area contributed by atoms with Gasteiger partial charge in [0.2, 0.25) is 11.7 Å². The molecule has 21 heavy (non-hydrogen) atoms. The van der Waals surface area contributed by atoms with E-state index >= 15 is 0 Å². The third-order valence-electron chi connectivity index (χ3n) is 2.93. The number of nitrogens with one attached hydrogen (secondary N) is 1. The lowest BCUT2D eigenvalue weighted by atomic mass is 10.1. The Labute approximate surface area is 125 Å². The van der Waals surface area contributed by atoms with Crippen LogP contribution in [0.15, 0.2) is 30.3 Å². The van der Waals surface area contributed by atoms with Crippen LogP contribution >= 0.6 is 11.6 Å². The number of anilines is 1. The van der Waals surface area contributed by atoms with E-state index in [1.807, 2.05) is 0 Å². The Morgan fingerprint density at radius 1 is 1.14 bits per heavy atom. The predicted octanol–water partition coefficient (Wildman–Crippen LogP) is 2.17. The Hall–Kier alpha value is -2.60. The van der Waals surface area contributed by atoms with Gasteiger partial charge in [0.15, 0.2) is 11.5 Å². The maximum atomic E-state index is 11.1. The maximum Gasteiger partial charge on any atom is 0.248 e. The summed E-state index contributed by atoms with van der Waals surface area (Å²) in [6.45, 7) is 0.127. The van der Waals surface area contributed by atoms with Crippen molar-refractivity contribution in [3.63, 3.8) is 0 Å². The fourth-order valence-electron chi connectivity index (χ4n) is 1.76. The van der Waals surface area contributed by atoms with Crippen molar-refractivity contribution < 1.29 is 20.1 Å². The number of carbonyl (C=O) groups excluding carboxylic acids is 1. The number of benzene rings is 2. The number of primary amides is 1. The molecule has 7 heteroatoms. The fraction of sp³-hybridized carbons (Fsp3) is 0.0714. The molecule has 0 saturated carbocycles. The molecule has 6 N–H and O–H groups in total. The van der Waals surface area contributed by atoms with Crippen LogP contribution in [0.2, 0.25) is 5.02 Å². The molecule has 6 nitrogen and oxygen atoms in total. The average Bonchev–Trinajstić information content (AvgIpc) is 2.45. The van der Waals surface area contributed by atoms with Crippen LogP contribution in [0.4, 0.5) is 5.69 Å². The highest BCUT2D eigenvalue weighted by atomic mass is 35.5. The van der Waals surface area contributed by atoms with E-state index in [2.05, 4.69) is 5.32 Å². The Kier molecular flexibility index (Phi) is 4.09. The molecule has 2 aromatic rings. The first-order chi connectivity index (χ1) is 9.90. The summed E-state index contributed by atoms with van der Waals surface area (Å²) in [4.78, 5) is 11.1. The Morgan fingerprint density at radius 2 is 1.86 bits per heavy atom. The van der Waals surface area contributed by atoms with Gasteiger partial charge in [-0.2, -0.15) is 0 Å². The largest absolute Gasteiger partial charge is 0.504 e. The van der Waals surface area contributed by atoms with Crippen LogP contribution in [0.5, 0.6) is 17.2 Å². The quantitative estimate of drug-likeness (QED) is 0.555. The Bertz CT molecular complexity index is 704. The number of halogens is 1. The van der Waals surface area contributed by atoms with E-state index in [1.54, 1.807) is 0 Å². The topological polar surface area (TPSA) is 116 Å². The van der Waals surface area contributed by atoms with Crippen molar-refractivity contribution in [3.8, 4) is 17.2 Å². The summed E-state index contributed by atoms with van der Waals surface area (Å²) < 4.78 is 0. The zero-order valence-electron chi connectivity index (χ0n) is 10.8. The minimum atomic E-state index is -0.591. The van der Waals surface area contributed by atoms with Gasteiger partial charge in [-0.25, -0.2) is 0 Å². The van der Waals surface area contributed by atoms with Crippen molar-refractivity contribution in [2.24, 2.45) is 5.73 Å². The SMILES string of the molecule is NC(=O)c1ccc(Cl)c(NCc2ccc(O)c(O)c2O)c1. The second-order valence-corrected chi connectivity index (χ2v) is 4.76.